The van der Waals surface area contributed by atoms with Gasteiger partial charge in [-0.05, 0) is 12.8 Å². The van der Waals surface area contributed by atoms with Gasteiger partial charge in [0.1, 0.15) is 0 Å². The van der Waals surface area contributed by atoms with Gasteiger partial charge < -0.3 is 10.0 Å². The smallest absolute Gasteiger partial charge is 0.304 e. The van der Waals surface area contributed by atoms with E-state index in [1.807, 2.05) is 17.0 Å². The molecule has 7 nitrogen and oxygen atoms in total. The molecule has 7 heteroatoms. The molecule has 114 valence electrons. The number of carbonyl (C=O) groups excluding carboxylic acids is 1. The quantitative estimate of drug-likeness (QED) is 0.631. The van der Waals surface area contributed by atoms with Gasteiger partial charge in [-0.2, -0.15) is 10.5 Å². The van der Waals surface area contributed by atoms with Gasteiger partial charge in [-0.25, -0.2) is 0 Å². The molecular weight excluding hydrogens is 272 g/mol. The highest BCUT2D eigenvalue weighted by Crippen LogP contribution is 2.26. The van der Waals surface area contributed by atoms with Crippen molar-refractivity contribution in [2.24, 2.45) is 0 Å². The Morgan fingerprint density at radius 1 is 1.10 bits per heavy atom. The lowest BCUT2D eigenvalue weighted by molar-refractivity contribution is -0.138. The van der Waals surface area contributed by atoms with Crippen LogP contribution in [0.2, 0.25) is 0 Å². The zero-order valence-corrected chi connectivity index (χ0v) is 12.0. The Bertz CT molecular complexity index is 430. The van der Waals surface area contributed by atoms with Crippen molar-refractivity contribution < 1.29 is 14.7 Å². The van der Waals surface area contributed by atoms with E-state index >= 15 is 0 Å². The highest BCUT2D eigenvalue weighted by atomic mass is 16.4. The first-order chi connectivity index (χ1) is 10.1. The van der Waals surface area contributed by atoms with Crippen LogP contribution in [0.1, 0.15) is 32.1 Å². The molecule has 0 unspecified atom stereocenters. The fourth-order valence-corrected chi connectivity index (χ4v) is 2.07. The molecule has 0 aromatic rings. The topological polar surface area (TPSA) is 108 Å². The van der Waals surface area contributed by atoms with Crippen LogP contribution in [0.4, 0.5) is 0 Å². The number of aliphatic carboxylic acids is 1. The standard InChI is InChI=1S/C14H20N4O3/c15-6-1-8-17(9-2-7-16)13(19)11-18(12-3-4-12)10-5-14(20)21/h12H,1-5,8-11H2,(H,20,21). The Hall–Kier alpha value is -2.12. The van der Waals surface area contributed by atoms with E-state index < -0.39 is 5.97 Å². The number of nitrogens with zero attached hydrogens (tertiary/aromatic N) is 4. The van der Waals surface area contributed by atoms with Crippen molar-refractivity contribution in [3.05, 3.63) is 0 Å². The van der Waals surface area contributed by atoms with Crippen molar-refractivity contribution in [1.29, 1.82) is 10.5 Å². The molecule has 21 heavy (non-hydrogen) atoms. The molecule has 0 saturated heterocycles. The number of carbonyl (C=O) groups is 2. The van der Waals surface area contributed by atoms with Gasteiger partial charge in [0.05, 0.1) is 37.9 Å². The zero-order chi connectivity index (χ0) is 15.7. The number of nitriles is 2. The number of hydrogen-bond donors (Lipinski definition) is 1. The van der Waals surface area contributed by atoms with Gasteiger partial charge in [0.15, 0.2) is 0 Å². The predicted octanol–water partition coefficient (Wildman–Crippen LogP) is 0.581. The average Bonchev–Trinajstić information content (AvgIpc) is 3.27. The molecule has 1 saturated carbocycles. The summed E-state index contributed by atoms with van der Waals surface area (Å²) >= 11 is 0. The molecule has 0 atom stereocenters. The van der Waals surface area contributed by atoms with E-state index in [4.69, 9.17) is 15.6 Å². The van der Waals surface area contributed by atoms with Crippen molar-refractivity contribution in [1.82, 2.24) is 9.80 Å². The molecule has 0 aliphatic heterocycles. The molecule has 1 rings (SSSR count). The minimum atomic E-state index is -0.876. The Morgan fingerprint density at radius 3 is 2.10 bits per heavy atom. The summed E-state index contributed by atoms with van der Waals surface area (Å²) in [6.07, 6.45) is 2.46. The summed E-state index contributed by atoms with van der Waals surface area (Å²) in [4.78, 5) is 26.3. The molecular formula is C14H20N4O3. The van der Waals surface area contributed by atoms with E-state index in [9.17, 15) is 9.59 Å². The van der Waals surface area contributed by atoms with Crippen LogP contribution in [0, 0.1) is 22.7 Å². The number of rotatable bonds is 10. The van der Waals surface area contributed by atoms with E-state index in [0.717, 1.165) is 12.8 Å². The van der Waals surface area contributed by atoms with E-state index in [1.54, 1.807) is 0 Å². The van der Waals surface area contributed by atoms with Gasteiger partial charge >= 0.3 is 5.97 Å². The van der Waals surface area contributed by atoms with Gasteiger partial charge in [0.2, 0.25) is 5.91 Å². The van der Waals surface area contributed by atoms with Crippen molar-refractivity contribution in [3.63, 3.8) is 0 Å². The lowest BCUT2D eigenvalue weighted by Crippen LogP contribution is -2.42. The van der Waals surface area contributed by atoms with Crippen LogP contribution in [0.15, 0.2) is 0 Å². The van der Waals surface area contributed by atoms with Gasteiger partial charge in [-0.3, -0.25) is 14.5 Å². The largest absolute Gasteiger partial charge is 0.481 e. The SMILES string of the molecule is N#CCCN(CCC#N)C(=O)CN(CCC(=O)O)C1CC1. The third kappa shape index (κ3) is 6.73. The summed E-state index contributed by atoms with van der Waals surface area (Å²) in [7, 11) is 0. The van der Waals surface area contributed by atoms with E-state index in [-0.39, 0.29) is 31.7 Å². The Balaban J connectivity index is 2.53. The monoisotopic (exact) mass is 292 g/mol. The maximum Gasteiger partial charge on any atom is 0.304 e. The third-order valence-electron chi connectivity index (χ3n) is 3.35. The first kappa shape index (κ1) is 16.9. The van der Waals surface area contributed by atoms with E-state index in [0.29, 0.717) is 25.7 Å². The Labute approximate surface area is 124 Å². The van der Waals surface area contributed by atoms with Gasteiger partial charge in [0.25, 0.3) is 0 Å². The van der Waals surface area contributed by atoms with E-state index in [1.165, 1.54) is 4.90 Å². The van der Waals surface area contributed by atoms with Crippen LogP contribution in [0.5, 0.6) is 0 Å². The first-order valence-corrected chi connectivity index (χ1v) is 7.06. The summed E-state index contributed by atoms with van der Waals surface area (Å²) < 4.78 is 0. The highest BCUT2D eigenvalue weighted by Gasteiger charge is 2.31. The fourth-order valence-electron chi connectivity index (χ4n) is 2.07. The van der Waals surface area contributed by atoms with Gasteiger partial charge in [-0.15, -0.1) is 0 Å². The molecule has 1 aliphatic carbocycles. The predicted molar refractivity (Wildman–Crippen MR) is 73.9 cm³/mol. The van der Waals surface area contributed by atoms with Gasteiger partial charge in [-0.1, -0.05) is 0 Å². The Morgan fingerprint density at radius 2 is 1.67 bits per heavy atom. The van der Waals surface area contributed by atoms with Gasteiger partial charge in [0, 0.05) is 25.7 Å². The molecule has 0 spiro atoms. The van der Waals surface area contributed by atoms with Crippen LogP contribution < -0.4 is 0 Å². The van der Waals surface area contributed by atoms with Crippen LogP contribution in [-0.2, 0) is 9.59 Å². The van der Waals surface area contributed by atoms with Crippen LogP contribution in [-0.4, -0.2) is 59.0 Å². The zero-order valence-electron chi connectivity index (χ0n) is 12.0. The summed E-state index contributed by atoms with van der Waals surface area (Å²) in [5.41, 5.74) is 0. The van der Waals surface area contributed by atoms with Crippen LogP contribution in [0.25, 0.3) is 0 Å². The van der Waals surface area contributed by atoms with Crippen LogP contribution >= 0.6 is 0 Å². The summed E-state index contributed by atoms with van der Waals surface area (Å²) in [5.74, 6) is -1.02. The highest BCUT2D eigenvalue weighted by molar-refractivity contribution is 5.78. The molecule has 0 aromatic heterocycles. The second-order valence-corrected chi connectivity index (χ2v) is 5.04. The number of carboxylic acids is 1. The summed E-state index contributed by atoms with van der Waals surface area (Å²) in [6, 6.07) is 4.27. The second-order valence-electron chi connectivity index (χ2n) is 5.04. The second kappa shape index (κ2) is 8.93. The number of hydrogen-bond acceptors (Lipinski definition) is 5. The molecule has 1 amide bonds. The molecule has 0 bridgehead atoms. The summed E-state index contributed by atoms with van der Waals surface area (Å²) in [6.45, 7) is 1.15. The maximum absolute atomic E-state index is 12.3. The minimum Gasteiger partial charge on any atom is -0.481 e. The normalized spacial score (nSPS) is 13.5. The Kier molecular flexibility index (Phi) is 7.20. The van der Waals surface area contributed by atoms with Crippen molar-refractivity contribution >= 4 is 11.9 Å². The van der Waals surface area contributed by atoms with E-state index in [2.05, 4.69) is 0 Å². The number of carboxylic acid groups (broad SMARTS) is 1. The summed E-state index contributed by atoms with van der Waals surface area (Å²) in [5, 5.41) is 26.0. The molecule has 0 heterocycles. The molecule has 1 N–H and O–H groups in total. The lowest BCUT2D eigenvalue weighted by atomic mass is 10.3. The third-order valence-corrected chi connectivity index (χ3v) is 3.35. The molecule has 1 fully saturated rings. The molecule has 0 radical (unpaired) electrons. The first-order valence-electron chi connectivity index (χ1n) is 7.06. The molecule has 1 aliphatic rings. The van der Waals surface area contributed by atoms with Crippen molar-refractivity contribution in [3.8, 4) is 12.1 Å². The van der Waals surface area contributed by atoms with Crippen LogP contribution in [0.3, 0.4) is 0 Å². The number of amides is 1. The average molecular weight is 292 g/mol. The minimum absolute atomic E-state index is 0.0141. The fraction of sp³-hybridized carbons (Fsp3) is 0.714. The maximum atomic E-state index is 12.3. The lowest BCUT2D eigenvalue weighted by Gasteiger charge is -2.26. The van der Waals surface area contributed by atoms with Crippen molar-refractivity contribution in [2.45, 2.75) is 38.1 Å². The van der Waals surface area contributed by atoms with Crippen molar-refractivity contribution in [2.75, 3.05) is 26.2 Å². The molecule has 0 aromatic carbocycles.